The monoisotopic (exact) mass is 354 g/mol. The fraction of sp³-hybridized carbons (Fsp3) is 0.214. The van der Waals surface area contributed by atoms with Crippen molar-refractivity contribution >= 4 is 22.6 Å². The summed E-state index contributed by atoms with van der Waals surface area (Å²) in [7, 11) is 0. The first kappa shape index (κ1) is 13.3. The Balaban J connectivity index is 2.20. The Morgan fingerprint density at radius 3 is 2.67 bits per heavy atom. The molecule has 2 aromatic rings. The number of nitrogens with two attached hydrogens (primary N) is 1. The normalized spacial score (nSPS) is 12.2. The van der Waals surface area contributed by atoms with E-state index in [1.165, 1.54) is 3.57 Å². The zero-order valence-corrected chi connectivity index (χ0v) is 12.3. The molecule has 0 radical (unpaired) electrons. The molecule has 18 heavy (non-hydrogen) atoms. The smallest absolute Gasteiger partial charge is 0.222 e. The van der Waals surface area contributed by atoms with Crippen LogP contribution in [-0.4, -0.2) is 11.0 Å². The molecule has 0 spiro atoms. The molecule has 4 heteroatoms. The van der Waals surface area contributed by atoms with Crippen LogP contribution in [0, 0.1) is 3.57 Å². The van der Waals surface area contributed by atoms with E-state index in [2.05, 4.69) is 27.6 Å². The number of nitrogens with zero attached hydrogens (tertiary/aromatic N) is 1. The minimum Gasteiger partial charge on any atom is -0.439 e. The Morgan fingerprint density at radius 2 is 2.00 bits per heavy atom. The number of rotatable bonds is 4. The van der Waals surface area contributed by atoms with Crippen LogP contribution in [0.3, 0.4) is 0 Å². The molecular weight excluding hydrogens is 339 g/mol. The van der Waals surface area contributed by atoms with Crippen LogP contribution in [0.5, 0.6) is 11.6 Å². The number of pyridine rings is 1. The molecule has 1 aromatic heterocycles. The van der Waals surface area contributed by atoms with E-state index < -0.39 is 0 Å². The molecule has 2 rings (SSSR count). The standard InChI is InChI=1S/C14H15IN2O/c1-10(16)9-11-3-2-8-17-14(11)18-13-6-4-12(15)5-7-13/h2-8,10H,9,16H2,1H3. The van der Waals surface area contributed by atoms with Crippen molar-refractivity contribution in [2.24, 2.45) is 5.73 Å². The minimum atomic E-state index is 0.0910. The highest BCUT2D eigenvalue weighted by Crippen LogP contribution is 2.24. The molecule has 0 fully saturated rings. The van der Waals surface area contributed by atoms with Gasteiger partial charge in [0.2, 0.25) is 5.88 Å². The Kier molecular flexibility index (Phi) is 4.54. The first-order valence-electron chi connectivity index (χ1n) is 5.78. The zero-order valence-electron chi connectivity index (χ0n) is 10.1. The van der Waals surface area contributed by atoms with Crippen LogP contribution < -0.4 is 10.5 Å². The molecule has 1 unspecified atom stereocenters. The van der Waals surface area contributed by atoms with Crippen LogP contribution in [0.25, 0.3) is 0 Å². The number of aromatic nitrogens is 1. The molecule has 0 bridgehead atoms. The van der Waals surface area contributed by atoms with Crippen molar-refractivity contribution in [2.75, 3.05) is 0 Å². The Bertz CT molecular complexity index is 511. The fourth-order valence-electron chi connectivity index (χ4n) is 1.63. The Labute approximate surface area is 121 Å². The minimum absolute atomic E-state index is 0.0910. The highest BCUT2D eigenvalue weighted by molar-refractivity contribution is 14.1. The lowest BCUT2D eigenvalue weighted by Gasteiger charge is -2.11. The van der Waals surface area contributed by atoms with Gasteiger partial charge in [-0.05, 0) is 66.3 Å². The number of hydrogen-bond donors (Lipinski definition) is 1. The van der Waals surface area contributed by atoms with Crippen molar-refractivity contribution in [1.29, 1.82) is 0 Å². The van der Waals surface area contributed by atoms with Gasteiger partial charge in [0.05, 0.1) is 0 Å². The number of hydrogen-bond acceptors (Lipinski definition) is 3. The van der Waals surface area contributed by atoms with Crippen LogP contribution in [0.15, 0.2) is 42.6 Å². The van der Waals surface area contributed by atoms with E-state index in [-0.39, 0.29) is 6.04 Å². The lowest BCUT2D eigenvalue weighted by molar-refractivity contribution is 0.454. The summed E-state index contributed by atoms with van der Waals surface area (Å²) in [6.07, 6.45) is 2.49. The van der Waals surface area contributed by atoms with Gasteiger partial charge in [0, 0.05) is 21.4 Å². The predicted octanol–water partition coefficient (Wildman–Crippen LogP) is 3.37. The third-order valence-corrected chi connectivity index (χ3v) is 3.14. The molecule has 94 valence electrons. The molecule has 1 heterocycles. The SMILES string of the molecule is CC(N)Cc1cccnc1Oc1ccc(I)cc1. The summed E-state index contributed by atoms with van der Waals surface area (Å²) in [5.74, 6) is 1.43. The highest BCUT2D eigenvalue weighted by atomic mass is 127. The Hall–Kier alpha value is -1.14. The molecular formula is C14H15IN2O. The van der Waals surface area contributed by atoms with E-state index in [4.69, 9.17) is 10.5 Å². The quantitative estimate of drug-likeness (QED) is 0.857. The summed E-state index contributed by atoms with van der Waals surface area (Å²) >= 11 is 2.26. The second kappa shape index (κ2) is 6.15. The maximum Gasteiger partial charge on any atom is 0.222 e. The molecule has 0 aliphatic carbocycles. The second-order valence-corrected chi connectivity index (χ2v) is 5.45. The van der Waals surface area contributed by atoms with Gasteiger partial charge < -0.3 is 10.5 Å². The Morgan fingerprint density at radius 1 is 1.28 bits per heavy atom. The predicted molar refractivity (Wildman–Crippen MR) is 80.8 cm³/mol. The topological polar surface area (TPSA) is 48.1 Å². The van der Waals surface area contributed by atoms with Gasteiger partial charge in [-0.1, -0.05) is 6.07 Å². The molecule has 0 aliphatic heterocycles. The largest absolute Gasteiger partial charge is 0.439 e. The summed E-state index contributed by atoms with van der Waals surface area (Å²) in [6, 6.07) is 11.9. The fourth-order valence-corrected chi connectivity index (χ4v) is 1.99. The summed E-state index contributed by atoms with van der Waals surface area (Å²) < 4.78 is 6.97. The van der Waals surface area contributed by atoms with Gasteiger partial charge in [-0.15, -0.1) is 0 Å². The van der Waals surface area contributed by atoms with Crippen molar-refractivity contribution in [3.05, 3.63) is 51.7 Å². The van der Waals surface area contributed by atoms with Crippen LogP contribution >= 0.6 is 22.6 Å². The van der Waals surface area contributed by atoms with Crippen molar-refractivity contribution in [2.45, 2.75) is 19.4 Å². The lowest BCUT2D eigenvalue weighted by Crippen LogP contribution is -2.18. The van der Waals surface area contributed by atoms with E-state index in [1.807, 2.05) is 43.3 Å². The van der Waals surface area contributed by atoms with Crippen LogP contribution in [0.2, 0.25) is 0 Å². The van der Waals surface area contributed by atoms with Crippen molar-refractivity contribution < 1.29 is 4.74 Å². The highest BCUT2D eigenvalue weighted by Gasteiger charge is 2.07. The maximum atomic E-state index is 5.82. The van der Waals surface area contributed by atoms with Crippen LogP contribution in [-0.2, 0) is 6.42 Å². The van der Waals surface area contributed by atoms with Gasteiger partial charge in [0.15, 0.2) is 0 Å². The van der Waals surface area contributed by atoms with Crippen molar-refractivity contribution in [1.82, 2.24) is 4.98 Å². The van der Waals surface area contributed by atoms with Crippen LogP contribution in [0.4, 0.5) is 0 Å². The molecule has 0 saturated carbocycles. The summed E-state index contributed by atoms with van der Waals surface area (Å²) in [5, 5.41) is 0. The number of benzene rings is 1. The molecule has 1 atom stereocenters. The molecule has 1 aromatic carbocycles. The molecule has 0 saturated heterocycles. The lowest BCUT2D eigenvalue weighted by atomic mass is 10.1. The van der Waals surface area contributed by atoms with Crippen molar-refractivity contribution in [3.63, 3.8) is 0 Å². The number of halogens is 1. The number of ether oxygens (including phenoxy) is 1. The van der Waals surface area contributed by atoms with Gasteiger partial charge in [0.25, 0.3) is 0 Å². The second-order valence-electron chi connectivity index (χ2n) is 4.21. The van der Waals surface area contributed by atoms with E-state index in [0.717, 1.165) is 17.7 Å². The summed E-state index contributed by atoms with van der Waals surface area (Å²) in [6.45, 7) is 1.97. The van der Waals surface area contributed by atoms with Gasteiger partial charge in [-0.3, -0.25) is 0 Å². The third kappa shape index (κ3) is 3.68. The third-order valence-electron chi connectivity index (χ3n) is 2.42. The van der Waals surface area contributed by atoms with Crippen LogP contribution in [0.1, 0.15) is 12.5 Å². The first-order valence-corrected chi connectivity index (χ1v) is 6.86. The van der Waals surface area contributed by atoms with E-state index in [1.54, 1.807) is 6.20 Å². The molecule has 3 nitrogen and oxygen atoms in total. The first-order chi connectivity index (χ1) is 8.65. The van der Waals surface area contributed by atoms with Gasteiger partial charge in [-0.25, -0.2) is 4.98 Å². The molecule has 2 N–H and O–H groups in total. The van der Waals surface area contributed by atoms with Gasteiger partial charge in [-0.2, -0.15) is 0 Å². The average molecular weight is 354 g/mol. The zero-order chi connectivity index (χ0) is 13.0. The molecule has 0 aliphatic rings. The summed E-state index contributed by atoms with van der Waals surface area (Å²) in [4.78, 5) is 4.27. The average Bonchev–Trinajstić information content (AvgIpc) is 2.34. The van der Waals surface area contributed by atoms with Crippen molar-refractivity contribution in [3.8, 4) is 11.6 Å². The van der Waals surface area contributed by atoms with Gasteiger partial charge >= 0.3 is 0 Å². The maximum absolute atomic E-state index is 5.82. The summed E-state index contributed by atoms with van der Waals surface area (Å²) in [5.41, 5.74) is 6.86. The van der Waals surface area contributed by atoms with E-state index >= 15 is 0 Å². The van der Waals surface area contributed by atoms with E-state index in [9.17, 15) is 0 Å². The molecule has 0 amide bonds. The van der Waals surface area contributed by atoms with E-state index in [0.29, 0.717) is 5.88 Å². The van der Waals surface area contributed by atoms with Gasteiger partial charge in [0.1, 0.15) is 5.75 Å².